The Kier molecular flexibility index (Phi) is 3.90. The fourth-order valence-corrected chi connectivity index (χ4v) is 4.06. The lowest BCUT2D eigenvalue weighted by Gasteiger charge is -2.12. The van der Waals surface area contributed by atoms with Gasteiger partial charge in [-0.3, -0.25) is 0 Å². The van der Waals surface area contributed by atoms with Crippen molar-refractivity contribution in [3.63, 3.8) is 0 Å². The maximum atomic E-state index is 5.74. The zero-order valence-corrected chi connectivity index (χ0v) is 14.8. The van der Waals surface area contributed by atoms with Gasteiger partial charge in [-0.2, -0.15) is 0 Å². The molecule has 0 aliphatic heterocycles. The summed E-state index contributed by atoms with van der Waals surface area (Å²) in [7, 11) is 0. The first-order valence-electron chi connectivity index (χ1n) is 6.98. The second kappa shape index (κ2) is 5.55. The van der Waals surface area contributed by atoms with Crippen LogP contribution in [0.25, 0.3) is 21.7 Å². The van der Waals surface area contributed by atoms with E-state index in [9.17, 15) is 0 Å². The Bertz CT molecular complexity index is 782. The van der Waals surface area contributed by atoms with Crippen LogP contribution in [0.1, 0.15) is 31.0 Å². The molecule has 3 nitrogen and oxygen atoms in total. The quantitative estimate of drug-likeness (QED) is 0.720. The van der Waals surface area contributed by atoms with Crippen molar-refractivity contribution in [2.24, 2.45) is 5.73 Å². The van der Waals surface area contributed by atoms with Crippen LogP contribution in [0, 0.1) is 6.92 Å². The van der Waals surface area contributed by atoms with Crippen molar-refractivity contribution in [2.75, 3.05) is 0 Å². The maximum Gasteiger partial charge on any atom is 0.151 e. The number of halogens is 1. The van der Waals surface area contributed by atoms with Crippen molar-refractivity contribution >= 4 is 38.3 Å². The summed E-state index contributed by atoms with van der Waals surface area (Å²) in [4.78, 5) is 6.06. The highest BCUT2D eigenvalue weighted by Crippen LogP contribution is 2.37. The number of benzene rings is 1. The average Bonchev–Trinajstić information content (AvgIpc) is 2.98. The number of aryl methyl sites for hydroxylation is 1. The van der Waals surface area contributed by atoms with Crippen LogP contribution < -0.4 is 5.73 Å². The summed E-state index contributed by atoms with van der Waals surface area (Å²) < 4.78 is 3.47. The van der Waals surface area contributed by atoms with Crippen molar-refractivity contribution in [3.05, 3.63) is 39.2 Å². The topological polar surface area (TPSA) is 43.8 Å². The number of imidazole rings is 1. The molecule has 110 valence electrons. The van der Waals surface area contributed by atoms with Crippen LogP contribution in [0.5, 0.6) is 0 Å². The zero-order chi connectivity index (χ0) is 15.1. The Morgan fingerprint density at radius 1 is 1.33 bits per heavy atom. The van der Waals surface area contributed by atoms with Crippen LogP contribution in [0.15, 0.2) is 28.1 Å². The molecular formula is C16H18BrN3S. The molecule has 21 heavy (non-hydrogen) atoms. The molecule has 0 saturated carbocycles. The van der Waals surface area contributed by atoms with E-state index >= 15 is 0 Å². The van der Waals surface area contributed by atoms with Gasteiger partial charge < -0.3 is 10.3 Å². The molecule has 0 spiro atoms. The van der Waals surface area contributed by atoms with Crippen LogP contribution >= 0.6 is 27.3 Å². The number of hydrogen-bond donors (Lipinski definition) is 1. The van der Waals surface area contributed by atoms with Gasteiger partial charge in [-0.1, -0.05) is 6.07 Å². The van der Waals surface area contributed by atoms with Crippen molar-refractivity contribution < 1.29 is 0 Å². The van der Waals surface area contributed by atoms with Gasteiger partial charge in [0.1, 0.15) is 0 Å². The first kappa shape index (κ1) is 14.8. The summed E-state index contributed by atoms with van der Waals surface area (Å²) >= 11 is 5.34. The Hall–Kier alpha value is -1.17. The fourth-order valence-electron chi connectivity index (χ4n) is 2.54. The summed E-state index contributed by atoms with van der Waals surface area (Å²) in [5.74, 6) is 1.04. The van der Waals surface area contributed by atoms with Gasteiger partial charge in [0, 0.05) is 12.6 Å². The van der Waals surface area contributed by atoms with Crippen LogP contribution in [-0.4, -0.2) is 9.55 Å². The van der Waals surface area contributed by atoms with E-state index in [0.29, 0.717) is 12.6 Å². The lowest BCUT2D eigenvalue weighted by atomic mass is 10.2. The molecule has 0 fully saturated rings. The Morgan fingerprint density at radius 2 is 2.10 bits per heavy atom. The molecule has 0 amide bonds. The van der Waals surface area contributed by atoms with Gasteiger partial charge >= 0.3 is 0 Å². The van der Waals surface area contributed by atoms with Crippen LogP contribution in [0.4, 0.5) is 0 Å². The standard InChI is InChI=1S/C16H18BrN3S/c1-9(2)20-13-5-4-11(8-18)7-12(13)19-16(20)14-6-10(3)15(17)21-14/h4-7,9H,8,18H2,1-3H3. The highest BCUT2D eigenvalue weighted by atomic mass is 79.9. The van der Waals surface area contributed by atoms with Gasteiger partial charge in [0.25, 0.3) is 0 Å². The van der Waals surface area contributed by atoms with E-state index in [4.69, 9.17) is 10.7 Å². The molecule has 1 aromatic carbocycles. The van der Waals surface area contributed by atoms with Gasteiger partial charge in [0.15, 0.2) is 5.82 Å². The van der Waals surface area contributed by atoms with Crippen molar-refractivity contribution in [2.45, 2.75) is 33.4 Å². The monoisotopic (exact) mass is 363 g/mol. The van der Waals surface area contributed by atoms with E-state index in [1.54, 1.807) is 11.3 Å². The molecule has 2 N–H and O–H groups in total. The maximum absolute atomic E-state index is 5.74. The Morgan fingerprint density at radius 3 is 2.67 bits per heavy atom. The number of aromatic nitrogens is 2. The molecule has 0 unspecified atom stereocenters. The smallest absolute Gasteiger partial charge is 0.151 e. The number of thiophene rings is 1. The number of hydrogen-bond acceptors (Lipinski definition) is 3. The highest BCUT2D eigenvalue weighted by molar-refractivity contribution is 9.11. The minimum Gasteiger partial charge on any atom is -0.326 e. The van der Waals surface area contributed by atoms with E-state index < -0.39 is 0 Å². The number of fused-ring (bicyclic) bond motifs is 1. The third kappa shape index (κ3) is 2.54. The van der Waals surface area contributed by atoms with Gasteiger partial charge in [-0.05, 0) is 66.0 Å². The SMILES string of the molecule is Cc1cc(-c2nc3cc(CN)ccc3n2C(C)C)sc1Br. The number of rotatable bonds is 3. The van der Waals surface area contributed by atoms with Crippen LogP contribution in [-0.2, 0) is 6.54 Å². The lowest BCUT2D eigenvalue weighted by molar-refractivity contribution is 0.625. The molecule has 0 radical (unpaired) electrons. The minimum absolute atomic E-state index is 0.356. The normalized spacial score (nSPS) is 11.7. The molecule has 5 heteroatoms. The van der Waals surface area contributed by atoms with E-state index in [1.165, 1.54) is 19.7 Å². The molecule has 2 heterocycles. The fraction of sp³-hybridized carbons (Fsp3) is 0.312. The third-order valence-electron chi connectivity index (χ3n) is 3.58. The summed E-state index contributed by atoms with van der Waals surface area (Å²) in [5, 5.41) is 0. The predicted molar refractivity (Wildman–Crippen MR) is 93.8 cm³/mol. The molecule has 0 atom stereocenters. The molecule has 0 saturated heterocycles. The van der Waals surface area contributed by atoms with E-state index in [0.717, 1.165) is 16.9 Å². The van der Waals surface area contributed by atoms with Gasteiger partial charge in [0.05, 0.1) is 19.7 Å². The van der Waals surface area contributed by atoms with Crippen molar-refractivity contribution in [3.8, 4) is 10.7 Å². The number of nitrogens with two attached hydrogens (primary N) is 1. The summed E-state index contributed by atoms with van der Waals surface area (Å²) in [6, 6.07) is 8.85. The molecule has 0 bridgehead atoms. The Labute approximate surface area is 136 Å². The van der Waals surface area contributed by atoms with Crippen molar-refractivity contribution in [1.82, 2.24) is 9.55 Å². The summed E-state index contributed by atoms with van der Waals surface area (Å²) in [6.45, 7) is 7.04. The zero-order valence-electron chi connectivity index (χ0n) is 12.4. The largest absolute Gasteiger partial charge is 0.326 e. The lowest BCUT2D eigenvalue weighted by Crippen LogP contribution is -2.02. The first-order chi connectivity index (χ1) is 10.0. The van der Waals surface area contributed by atoms with E-state index in [2.05, 4.69) is 65.5 Å². The second-order valence-corrected chi connectivity index (χ2v) is 7.86. The van der Waals surface area contributed by atoms with Gasteiger partial charge in [0.2, 0.25) is 0 Å². The minimum atomic E-state index is 0.356. The summed E-state index contributed by atoms with van der Waals surface area (Å²) in [5.41, 5.74) is 10.3. The molecule has 2 aromatic heterocycles. The van der Waals surface area contributed by atoms with Crippen LogP contribution in [0.2, 0.25) is 0 Å². The predicted octanol–water partition coefficient (Wildman–Crippen LogP) is 4.88. The third-order valence-corrected chi connectivity index (χ3v) is 5.72. The van der Waals surface area contributed by atoms with Gasteiger partial charge in [-0.15, -0.1) is 11.3 Å². The molecule has 3 rings (SSSR count). The number of nitrogens with zero attached hydrogens (tertiary/aromatic N) is 2. The van der Waals surface area contributed by atoms with Crippen molar-refractivity contribution in [1.29, 1.82) is 0 Å². The molecule has 0 aliphatic rings. The van der Waals surface area contributed by atoms with E-state index in [-0.39, 0.29) is 0 Å². The molecular weight excluding hydrogens is 346 g/mol. The van der Waals surface area contributed by atoms with Gasteiger partial charge in [-0.25, -0.2) is 4.98 Å². The van der Waals surface area contributed by atoms with Crippen LogP contribution in [0.3, 0.4) is 0 Å². The van der Waals surface area contributed by atoms with E-state index in [1.807, 2.05) is 0 Å². The average molecular weight is 364 g/mol. The second-order valence-electron chi connectivity index (χ2n) is 5.49. The first-order valence-corrected chi connectivity index (χ1v) is 8.59. The molecule has 3 aromatic rings. The Balaban J connectivity index is 2.28. The highest BCUT2D eigenvalue weighted by Gasteiger charge is 2.17. The summed E-state index contributed by atoms with van der Waals surface area (Å²) in [6.07, 6.45) is 0. The molecule has 0 aliphatic carbocycles.